The van der Waals surface area contributed by atoms with E-state index in [0.29, 0.717) is 22.5 Å². The first kappa shape index (κ1) is 14.8. The van der Waals surface area contributed by atoms with Crippen molar-refractivity contribution in [1.82, 2.24) is 10.2 Å². The van der Waals surface area contributed by atoms with Crippen LogP contribution in [-0.2, 0) is 4.79 Å². The van der Waals surface area contributed by atoms with Crippen LogP contribution in [0.3, 0.4) is 0 Å². The average Bonchev–Trinajstić information content (AvgIpc) is 2.86. The molecule has 3 N–H and O–H groups in total. The number of anilines is 2. The van der Waals surface area contributed by atoms with Crippen LogP contribution in [0.5, 0.6) is 0 Å². The van der Waals surface area contributed by atoms with Gasteiger partial charge in [0.1, 0.15) is 5.01 Å². The van der Waals surface area contributed by atoms with E-state index in [1.165, 1.54) is 23.1 Å². The minimum absolute atomic E-state index is 0.107. The van der Waals surface area contributed by atoms with Gasteiger partial charge in [-0.1, -0.05) is 37.3 Å². The molecule has 0 unspecified atom stereocenters. The second-order valence-electron chi connectivity index (χ2n) is 4.47. The van der Waals surface area contributed by atoms with E-state index in [2.05, 4.69) is 15.5 Å². The fraction of sp³-hybridized carbons (Fsp3) is 0.308. The van der Waals surface area contributed by atoms with Gasteiger partial charge in [0.25, 0.3) is 0 Å². The van der Waals surface area contributed by atoms with Crippen LogP contribution in [0.15, 0.2) is 29.2 Å². The van der Waals surface area contributed by atoms with Crippen molar-refractivity contribution in [3.8, 4) is 0 Å². The molecule has 0 aliphatic rings. The number of para-hydroxylation sites is 1. The van der Waals surface area contributed by atoms with E-state index in [1.807, 2.05) is 38.1 Å². The summed E-state index contributed by atoms with van der Waals surface area (Å²) in [5, 5.41) is 12.2. The van der Waals surface area contributed by atoms with Gasteiger partial charge in [0.05, 0.1) is 5.75 Å². The number of hydrogen-bond acceptors (Lipinski definition) is 6. The van der Waals surface area contributed by atoms with Gasteiger partial charge < -0.3 is 5.73 Å². The van der Waals surface area contributed by atoms with Crippen molar-refractivity contribution in [1.29, 1.82) is 0 Å². The summed E-state index contributed by atoms with van der Waals surface area (Å²) in [6.07, 6.45) is 0. The van der Waals surface area contributed by atoms with E-state index < -0.39 is 0 Å². The molecular formula is C13H16N4OS2. The highest BCUT2D eigenvalue weighted by molar-refractivity contribution is 8.00. The summed E-state index contributed by atoms with van der Waals surface area (Å²) in [6, 6.07) is 7.49. The number of benzene rings is 1. The van der Waals surface area contributed by atoms with E-state index in [1.54, 1.807) is 0 Å². The number of hydrogen-bond donors (Lipinski definition) is 2. The Hall–Kier alpha value is -1.60. The topological polar surface area (TPSA) is 80.9 Å². The minimum Gasteiger partial charge on any atom is -0.398 e. The number of carbonyl (C=O) groups excluding carboxylic acids is 1. The fourth-order valence-electron chi connectivity index (χ4n) is 1.43. The van der Waals surface area contributed by atoms with Crippen molar-refractivity contribution in [3.63, 3.8) is 0 Å². The fourth-order valence-corrected chi connectivity index (χ4v) is 2.96. The summed E-state index contributed by atoms with van der Waals surface area (Å²) in [5.41, 5.74) is 6.51. The van der Waals surface area contributed by atoms with Gasteiger partial charge in [-0.25, -0.2) is 0 Å². The van der Waals surface area contributed by atoms with Gasteiger partial charge in [0, 0.05) is 16.5 Å². The number of nitrogens with one attached hydrogen (secondary N) is 1. The van der Waals surface area contributed by atoms with E-state index >= 15 is 0 Å². The number of thioether (sulfide) groups is 1. The Morgan fingerprint density at radius 2 is 2.15 bits per heavy atom. The third kappa shape index (κ3) is 3.94. The molecule has 0 spiro atoms. The summed E-state index contributed by atoms with van der Waals surface area (Å²) in [6.45, 7) is 4.08. The molecule has 0 bridgehead atoms. The lowest BCUT2D eigenvalue weighted by molar-refractivity contribution is -0.113. The normalized spacial score (nSPS) is 10.8. The zero-order valence-corrected chi connectivity index (χ0v) is 12.9. The highest BCUT2D eigenvalue weighted by Gasteiger charge is 2.11. The van der Waals surface area contributed by atoms with E-state index in [4.69, 9.17) is 5.73 Å². The lowest BCUT2D eigenvalue weighted by Crippen LogP contribution is -2.13. The Bertz CT molecular complexity index is 598. The number of aromatic nitrogens is 2. The van der Waals surface area contributed by atoms with Crippen LogP contribution in [0.1, 0.15) is 24.8 Å². The van der Waals surface area contributed by atoms with Crippen molar-refractivity contribution in [3.05, 3.63) is 29.3 Å². The highest BCUT2D eigenvalue weighted by Crippen LogP contribution is 2.25. The number of nitrogens with two attached hydrogens (primary N) is 1. The predicted molar refractivity (Wildman–Crippen MR) is 84.2 cm³/mol. The van der Waals surface area contributed by atoms with E-state index in [-0.39, 0.29) is 5.91 Å². The molecule has 1 amide bonds. The number of carbonyl (C=O) groups is 1. The van der Waals surface area contributed by atoms with Crippen LogP contribution < -0.4 is 11.1 Å². The van der Waals surface area contributed by atoms with E-state index in [9.17, 15) is 4.79 Å². The number of rotatable bonds is 5. The Labute approximate surface area is 126 Å². The zero-order chi connectivity index (χ0) is 14.5. The SMILES string of the molecule is CC(C)c1nnc(NC(=O)CSc2ccccc2N)s1. The lowest BCUT2D eigenvalue weighted by atomic mass is 10.2. The molecule has 0 atom stereocenters. The smallest absolute Gasteiger partial charge is 0.236 e. The molecule has 0 saturated heterocycles. The Morgan fingerprint density at radius 3 is 2.80 bits per heavy atom. The maximum atomic E-state index is 11.8. The Kier molecular flexibility index (Phi) is 4.97. The molecule has 0 aliphatic carbocycles. The van der Waals surface area contributed by atoms with Gasteiger partial charge in [-0.15, -0.1) is 22.0 Å². The third-order valence-electron chi connectivity index (χ3n) is 2.46. The molecule has 0 radical (unpaired) electrons. The van der Waals surface area contributed by atoms with Crippen LogP contribution >= 0.6 is 23.1 Å². The Morgan fingerprint density at radius 1 is 1.40 bits per heavy atom. The van der Waals surface area contributed by atoms with Gasteiger partial charge in [0.15, 0.2) is 0 Å². The number of amides is 1. The second-order valence-corrected chi connectivity index (χ2v) is 6.50. The first-order chi connectivity index (χ1) is 9.56. The standard InChI is InChI=1S/C13H16N4OS2/c1-8(2)12-16-17-13(20-12)15-11(18)7-19-10-6-4-3-5-9(10)14/h3-6,8H,7,14H2,1-2H3,(H,15,17,18). The lowest BCUT2D eigenvalue weighted by Gasteiger charge is -2.04. The monoisotopic (exact) mass is 308 g/mol. The van der Waals surface area contributed by atoms with Crippen LogP contribution in [-0.4, -0.2) is 21.9 Å². The van der Waals surface area contributed by atoms with Crippen molar-refractivity contribution in [2.45, 2.75) is 24.7 Å². The van der Waals surface area contributed by atoms with Crippen molar-refractivity contribution in [2.24, 2.45) is 0 Å². The van der Waals surface area contributed by atoms with Gasteiger partial charge in [-0.05, 0) is 12.1 Å². The van der Waals surface area contributed by atoms with Crippen molar-refractivity contribution < 1.29 is 4.79 Å². The van der Waals surface area contributed by atoms with Gasteiger partial charge in [-0.3, -0.25) is 10.1 Å². The van der Waals surface area contributed by atoms with Crippen LogP contribution in [0, 0.1) is 0 Å². The van der Waals surface area contributed by atoms with Crippen LogP contribution in [0.25, 0.3) is 0 Å². The zero-order valence-electron chi connectivity index (χ0n) is 11.3. The molecule has 2 aromatic rings. The molecule has 1 heterocycles. The average molecular weight is 308 g/mol. The molecule has 1 aromatic heterocycles. The molecule has 2 rings (SSSR count). The third-order valence-corrected chi connectivity index (χ3v) is 4.69. The molecule has 106 valence electrons. The number of nitrogen functional groups attached to an aromatic ring is 1. The molecule has 0 aliphatic heterocycles. The number of nitrogens with zero attached hydrogens (tertiary/aromatic N) is 2. The summed E-state index contributed by atoms with van der Waals surface area (Å²) >= 11 is 2.81. The van der Waals surface area contributed by atoms with Gasteiger partial charge in [-0.2, -0.15) is 0 Å². The molecule has 7 heteroatoms. The first-order valence-corrected chi connectivity index (χ1v) is 7.97. The summed E-state index contributed by atoms with van der Waals surface area (Å²) in [7, 11) is 0. The molecule has 5 nitrogen and oxygen atoms in total. The largest absolute Gasteiger partial charge is 0.398 e. The maximum Gasteiger partial charge on any atom is 0.236 e. The molecule has 0 fully saturated rings. The summed E-state index contributed by atoms with van der Waals surface area (Å²) < 4.78 is 0. The second kappa shape index (κ2) is 6.71. The minimum atomic E-state index is -0.107. The maximum absolute atomic E-state index is 11.8. The molecular weight excluding hydrogens is 292 g/mol. The van der Waals surface area contributed by atoms with Crippen molar-refractivity contribution in [2.75, 3.05) is 16.8 Å². The highest BCUT2D eigenvalue weighted by atomic mass is 32.2. The molecule has 0 saturated carbocycles. The first-order valence-electron chi connectivity index (χ1n) is 6.17. The molecule has 1 aromatic carbocycles. The summed E-state index contributed by atoms with van der Waals surface area (Å²) in [5.74, 6) is 0.506. The predicted octanol–water partition coefficient (Wildman–Crippen LogP) is 2.97. The summed E-state index contributed by atoms with van der Waals surface area (Å²) in [4.78, 5) is 12.7. The van der Waals surface area contributed by atoms with Crippen LogP contribution in [0.4, 0.5) is 10.8 Å². The van der Waals surface area contributed by atoms with Gasteiger partial charge in [0.2, 0.25) is 11.0 Å². The van der Waals surface area contributed by atoms with Crippen molar-refractivity contribution >= 4 is 39.8 Å². The van der Waals surface area contributed by atoms with Crippen LogP contribution in [0.2, 0.25) is 0 Å². The Balaban J connectivity index is 1.88. The molecule has 20 heavy (non-hydrogen) atoms. The van der Waals surface area contributed by atoms with Gasteiger partial charge >= 0.3 is 0 Å². The quantitative estimate of drug-likeness (QED) is 0.655. The van der Waals surface area contributed by atoms with E-state index in [0.717, 1.165) is 9.90 Å².